The third-order valence-electron chi connectivity index (χ3n) is 2.01. The number of carboxylic acids is 1. The van der Waals surface area contributed by atoms with Gasteiger partial charge in [-0.05, 0) is 19.8 Å². The van der Waals surface area contributed by atoms with Crippen molar-refractivity contribution in [1.29, 1.82) is 0 Å². The summed E-state index contributed by atoms with van der Waals surface area (Å²) < 4.78 is 15.1. The molecule has 0 saturated carbocycles. The third-order valence-corrected chi connectivity index (χ3v) is 2.99. The van der Waals surface area contributed by atoms with Crippen molar-refractivity contribution in [3.8, 4) is 0 Å². The van der Waals surface area contributed by atoms with E-state index in [0.29, 0.717) is 13.0 Å². The van der Waals surface area contributed by atoms with Crippen LogP contribution in [0, 0.1) is 0 Å². The van der Waals surface area contributed by atoms with Gasteiger partial charge < -0.3 is 14.7 Å². The molecule has 2 unspecified atom stereocenters. The zero-order valence-electron chi connectivity index (χ0n) is 9.55. The van der Waals surface area contributed by atoms with E-state index in [9.17, 15) is 19.0 Å². The average molecular weight is 262 g/mol. The number of hydrogen-bond acceptors (Lipinski definition) is 5. The second-order valence-corrected chi connectivity index (χ2v) is 4.74. The summed E-state index contributed by atoms with van der Waals surface area (Å²) in [5, 5.41) is 7.89. The van der Waals surface area contributed by atoms with E-state index in [4.69, 9.17) is 5.11 Å². The van der Waals surface area contributed by atoms with Gasteiger partial charge in [-0.1, -0.05) is 11.1 Å². The molecule has 1 fully saturated rings. The average Bonchev–Trinajstić information content (AvgIpc) is 2.43. The molecular formula is C10H15O6P. The van der Waals surface area contributed by atoms with E-state index in [1.807, 2.05) is 0 Å². The maximum Gasteiger partial charge on any atom is 0.358 e. The van der Waals surface area contributed by atoms with Gasteiger partial charge in [-0.25, -0.2) is 9.59 Å². The number of hydrogen-bond donors (Lipinski definition) is 1. The van der Waals surface area contributed by atoms with Crippen LogP contribution in [0.25, 0.3) is 0 Å². The van der Waals surface area contributed by atoms with Crippen LogP contribution < -0.4 is 4.89 Å². The molecule has 0 aromatic heterocycles. The van der Waals surface area contributed by atoms with E-state index < -0.39 is 25.6 Å². The zero-order chi connectivity index (χ0) is 13.4. The van der Waals surface area contributed by atoms with Gasteiger partial charge in [0.2, 0.25) is 5.66 Å². The van der Waals surface area contributed by atoms with E-state index in [1.54, 1.807) is 0 Å². The molecule has 1 rings (SSSR count). The lowest BCUT2D eigenvalue weighted by molar-refractivity contribution is -0.169. The summed E-state index contributed by atoms with van der Waals surface area (Å²) in [6.07, 6.45) is 1.93. The molecule has 0 aromatic carbocycles. The number of carboxylic acid groups (broad SMARTS) is 1. The molecule has 17 heavy (non-hydrogen) atoms. The number of ether oxygens (including phenoxy) is 1. The fourth-order valence-electron chi connectivity index (χ4n) is 1.02. The summed E-state index contributed by atoms with van der Waals surface area (Å²) >= 11 is 0. The van der Waals surface area contributed by atoms with E-state index in [1.165, 1.54) is 6.92 Å². The number of esters is 1. The zero-order valence-corrected chi connectivity index (χ0v) is 10.4. The van der Waals surface area contributed by atoms with Gasteiger partial charge >= 0.3 is 20.0 Å². The second kappa shape index (κ2) is 7.92. The molecule has 0 radical (unpaired) electrons. The lowest BCUT2D eigenvalue weighted by Gasteiger charge is -2.01. The molecular weight excluding hydrogens is 247 g/mol. The van der Waals surface area contributed by atoms with Gasteiger partial charge in [0.05, 0.1) is 6.61 Å². The lowest BCUT2D eigenvalue weighted by Crippen LogP contribution is -2.20. The maximum absolute atomic E-state index is 10.8. The molecule has 6 nitrogen and oxygen atoms in total. The second-order valence-electron chi connectivity index (χ2n) is 3.55. The molecule has 0 aliphatic carbocycles. The molecule has 2 atom stereocenters. The minimum absolute atomic E-state index is 0.176. The maximum atomic E-state index is 10.8. The SMILES string of the molecule is C=C(C)C(=O)O.O=C1OCCCCC1[P+](=O)[O-]. The van der Waals surface area contributed by atoms with Crippen molar-refractivity contribution >= 4 is 20.0 Å². The molecule has 0 spiro atoms. The Bertz CT molecular complexity index is 313. The van der Waals surface area contributed by atoms with Crippen molar-refractivity contribution in [2.24, 2.45) is 0 Å². The molecule has 7 heteroatoms. The van der Waals surface area contributed by atoms with Crippen LogP contribution >= 0.6 is 8.03 Å². The van der Waals surface area contributed by atoms with Crippen LogP contribution in [-0.4, -0.2) is 29.3 Å². The monoisotopic (exact) mass is 262 g/mol. The summed E-state index contributed by atoms with van der Waals surface area (Å²) in [7, 11) is -2.65. The Labute approximate surface area is 100 Å². The molecule has 0 amide bonds. The molecule has 1 N–H and O–H groups in total. The van der Waals surface area contributed by atoms with Crippen molar-refractivity contribution in [1.82, 2.24) is 0 Å². The standard InChI is InChI=1S/C6H9O4P.C4H6O2/c7-6-5(11(8)9)3-1-2-4-10-6;1-3(2)4(5)6/h5H,1-4H2;1H2,2H3,(H,5,6). The highest BCUT2D eigenvalue weighted by atomic mass is 31.1. The first-order chi connectivity index (χ1) is 7.86. The van der Waals surface area contributed by atoms with Gasteiger partial charge in [0.25, 0.3) is 0 Å². The summed E-state index contributed by atoms with van der Waals surface area (Å²) in [5.74, 6) is -1.52. The minimum Gasteiger partial charge on any atom is -0.595 e. The van der Waals surface area contributed by atoms with Gasteiger partial charge in [0, 0.05) is 12.0 Å². The van der Waals surface area contributed by atoms with Crippen molar-refractivity contribution in [2.45, 2.75) is 31.8 Å². The highest BCUT2D eigenvalue weighted by Gasteiger charge is 2.33. The highest BCUT2D eigenvalue weighted by Crippen LogP contribution is 2.26. The highest BCUT2D eigenvalue weighted by molar-refractivity contribution is 7.38. The van der Waals surface area contributed by atoms with Crippen LogP contribution in [0.1, 0.15) is 26.2 Å². The summed E-state index contributed by atoms with van der Waals surface area (Å²) in [5.41, 5.74) is -0.720. The van der Waals surface area contributed by atoms with Gasteiger partial charge in [-0.2, -0.15) is 0 Å². The fraction of sp³-hybridized carbons (Fsp3) is 0.600. The molecule has 1 aliphatic rings. The van der Waals surface area contributed by atoms with E-state index >= 15 is 0 Å². The fourth-order valence-corrected chi connectivity index (χ4v) is 1.66. The first-order valence-electron chi connectivity index (χ1n) is 5.05. The van der Waals surface area contributed by atoms with Crippen LogP contribution in [0.15, 0.2) is 12.2 Å². The Kier molecular flexibility index (Phi) is 7.34. The van der Waals surface area contributed by atoms with Gasteiger partial charge in [-0.15, -0.1) is 0 Å². The van der Waals surface area contributed by atoms with Crippen LogP contribution in [0.2, 0.25) is 0 Å². The summed E-state index contributed by atoms with van der Waals surface area (Å²) in [6, 6.07) is 0. The third kappa shape index (κ3) is 6.81. The van der Waals surface area contributed by atoms with Crippen LogP contribution in [0.4, 0.5) is 0 Å². The molecule has 0 aromatic rings. The molecule has 1 heterocycles. The van der Waals surface area contributed by atoms with E-state index in [-0.39, 0.29) is 5.57 Å². The molecule has 1 aliphatic heterocycles. The number of carbonyl (C=O) groups is 2. The Hall–Kier alpha value is -1.26. The lowest BCUT2D eigenvalue weighted by atomic mass is 10.2. The van der Waals surface area contributed by atoms with Gasteiger partial charge in [0.1, 0.15) is 0 Å². The Morgan fingerprint density at radius 3 is 2.53 bits per heavy atom. The summed E-state index contributed by atoms with van der Waals surface area (Å²) in [6.45, 7) is 4.96. The first kappa shape index (κ1) is 15.7. The number of aliphatic carboxylic acids is 1. The molecule has 1 saturated heterocycles. The van der Waals surface area contributed by atoms with Gasteiger partial charge in [0.15, 0.2) is 0 Å². The van der Waals surface area contributed by atoms with Crippen molar-refractivity contribution in [3.63, 3.8) is 0 Å². The molecule has 0 bridgehead atoms. The number of cyclic esters (lactones) is 1. The van der Waals surface area contributed by atoms with Crippen molar-refractivity contribution in [3.05, 3.63) is 12.2 Å². The normalized spacial score (nSPS) is 20.2. The molecule has 96 valence electrons. The Morgan fingerprint density at radius 1 is 1.59 bits per heavy atom. The van der Waals surface area contributed by atoms with Crippen molar-refractivity contribution < 1.29 is 28.9 Å². The predicted octanol–water partition coefficient (Wildman–Crippen LogP) is 0.832. The van der Waals surface area contributed by atoms with E-state index in [0.717, 1.165) is 12.8 Å². The largest absolute Gasteiger partial charge is 0.595 e. The smallest absolute Gasteiger partial charge is 0.358 e. The van der Waals surface area contributed by atoms with Crippen LogP contribution in [-0.2, 0) is 18.9 Å². The predicted molar refractivity (Wildman–Crippen MR) is 58.7 cm³/mol. The number of rotatable bonds is 2. The first-order valence-corrected chi connectivity index (χ1v) is 6.30. The number of carbonyl (C=O) groups excluding carboxylic acids is 1. The minimum atomic E-state index is -2.65. The Morgan fingerprint density at radius 2 is 2.12 bits per heavy atom. The van der Waals surface area contributed by atoms with Gasteiger partial charge in [-0.3, -0.25) is 0 Å². The summed E-state index contributed by atoms with van der Waals surface area (Å²) in [4.78, 5) is 30.9. The Balaban J connectivity index is 0.000000366. The van der Waals surface area contributed by atoms with Crippen LogP contribution in [0.5, 0.6) is 0 Å². The van der Waals surface area contributed by atoms with E-state index in [2.05, 4.69) is 11.3 Å². The topological polar surface area (TPSA) is 104 Å². The van der Waals surface area contributed by atoms with Crippen LogP contribution in [0.3, 0.4) is 0 Å². The van der Waals surface area contributed by atoms with Crippen molar-refractivity contribution in [2.75, 3.05) is 6.61 Å². The quantitative estimate of drug-likeness (QED) is 0.449.